The number of anilines is 1. The lowest BCUT2D eigenvalue weighted by Gasteiger charge is -2.31. The summed E-state index contributed by atoms with van der Waals surface area (Å²) >= 11 is 1.64. The third-order valence-electron chi connectivity index (χ3n) is 5.70. The SMILES string of the molecule is Cc1cc(N2CC[NH+](C)CC2)nc(SCc2cccc(C(=O)N3CCCC3)c2)n1. The molecule has 1 amide bonds. The van der Waals surface area contributed by atoms with Crippen molar-refractivity contribution >= 4 is 23.5 Å². The fourth-order valence-electron chi connectivity index (χ4n) is 3.91. The predicted molar refractivity (Wildman–Crippen MR) is 117 cm³/mol. The van der Waals surface area contributed by atoms with Gasteiger partial charge in [0.05, 0.1) is 33.2 Å². The number of thioether (sulfide) groups is 1. The minimum absolute atomic E-state index is 0.153. The molecule has 0 unspecified atom stereocenters. The molecule has 7 heteroatoms. The molecule has 2 aliphatic rings. The van der Waals surface area contributed by atoms with Crippen LogP contribution >= 0.6 is 11.8 Å². The number of quaternary nitrogens is 1. The highest BCUT2D eigenvalue weighted by atomic mass is 32.2. The number of aryl methyl sites for hydroxylation is 1. The summed E-state index contributed by atoms with van der Waals surface area (Å²) < 4.78 is 0. The lowest BCUT2D eigenvalue weighted by atomic mass is 10.1. The topological polar surface area (TPSA) is 53.8 Å². The number of likely N-dealkylation sites (tertiary alicyclic amines) is 1. The molecule has 6 nitrogen and oxygen atoms in total. The fourth-order valence-corrected chi connectivity index (χ4v) is 4.76. The molecule has 29 heavy (non-hydrogen) atoms. The number of aromatic nitrogens is 2. The molecule has 2 aliphatic heterocycles. The van der Waals surface area contributed by atoms with Crippen LogP contribution < -0.4 is 9.80 Å². The smallest absolute Gasteiger partial charge is 0.253 e. The van der Waals surface area contributed by atoms with Crippen LogP contribution in [-0.4, -0.2) is 67.1 Å². The van der Waals surface area contributed by atoms with Crippen LogP contribution in [0.4, 0.5) is 5.82 Å². The zero-order valence-electron chi connectivity index (χ0n) is 17.4. The van der Waals surface area contributed by atoms with E-state index in [2.05, 4.69) is 29.1 Å². The number of nitrogens with one attached hydrogen (secondary N) is 1. The maximum atomic E-state index is 12.6. The second kappa shape index (κ2) is 9.13. The van der Waals surface area contributed by atoms with Crippen molar-refractivity contribution in [2.24, 2.45) is 0 Å². The van der Waals surface area contributed by atoms with Crippen molar-refractivity contribution in [1.82, 2.24) is 14.9 Å². The number of carbonyl (C=O) groups is 1. The molecule has 154 valence electrons. The molecule has 0 bridgehead atoms. The number of carbonyl (C=O) groups excluding carboxylic acids is 1. The zero-order chi connectivity index (χ0) is 20.2. The number of nitrogens with zero attached hydrogens (tertiary/aromatic N) is 4. The number of piperazine rings is 1. The molecule has 0 radical (unpaired) electrons. The lowest BCUT2D eigenvalue weighted by Crippen LogP contribution is -3.12. The van der Waals surface area contributed by atoms with Crippen LogP contribution in [0.1, 0.15) is 34.5 Å². The maximum Gasteiger partial charge on any atom is 0.253 e. The third-order valence-corrected chi connectivity index (χ3v) is 6.61. The molecule has 2 fully saturated rings. The Bertz CT molecular complexity index is 860. The Morgan fingerprint density at radius 1 is 1.10 bits per heavy atom. The summed E-state index contributed by atoms with van der Waals surface area (Å²) in [5.41, 5.74) is 2.92. The molecule has 0 saturated carbocycles. The second-order valence-corrected chi connectivity index (χ2v) is 9.03. The standard InChI is InChI=1S/C22H29N5OS/c1-17-14-20(26-12-10-25(2)11-13-26)24-22(23-17)29-16-18-6-5-7-19(15-18)21(28)27-8-3-4-9-27/h5-7,14-15H,3-4,8-13,16H2,1-2H3/p+1. The monoisotopic (exact) mass is 412 g/mol. The van der Waals surface area contributed by atoms with Gasteiger partial charge >= 0.3 is 0 Å². The van der Waals surface area contributed by atoms with E-state index < -0.39 is 0 Å². The lowest BCUT2D eigenvalue weighted by molar-refractivity contribution is -0.880. The van der Waals surface area contributed by atoms with E-state index in [-0.39, 0.29) is 5.91 Å². The highest BCUT2D eigenvalue weighted by molar-refractivity contribution is 7.98. The van der Waals surface area contributed by atoms with Gasteiger partial charge in [-0.1, -0.05) is 23.9 Å². The summed E-state index contributed by atoms with van der Waals surface area (Å²) in [5.74, 6) is 1.95. The van der Waals surface area contributed by atoms with Crippen molar-refractivity contribution in [3.05, 3.63) is 47.2 Å². The van der Waals surface area contributed by atoms with E-state index in [1.807, 2.05) is 30.0 Å². The molecule has 1 aromatic heterocycles. The molecule has 0 spiro atoms. The van der Waals surface area contributed by atoms with Crippen LogP contribution in [0.5, 0.6) is 0 Å². The fraction of sp³-hybridized carbons (Fsp3) is 0.500. The Hall–Kier alpha value is -2.12. The highest BCUT2D eigenvalue weighted by Gasteiger charge is 2.20. The highest BCUT2D eigenvalue weighted by Crippen LogP contribution is 2.24. The average Bonchev–Trinajstić information content (AvgIpc) is 3.27. The van der Waals surface area contributed by atoms with Gasteiger partial charge in [0.25, 0.3) is 5.91 Å². The van der Waals surface area contributed by atoms with E-state index in [0.717, 1.165) is 85.7 Å². The van der Waals surface area contributed by atoms with Crippen molar-refractivity contribution in [2.75, 3.05) is 51.2 Å². The van der Waals surface area contributed by atoms with E-state index in [0.29, 0.717) is 0 Å². The van der Waals surface area contributed by atoms with Gasteiger partial charge in [-0.05, 0) is 37.5 Å². The summed E-state index contributed by atoms with van der Waals surface area (Å²) in [5, 5.41) is 0.808. The van der Waals surface area contributed by atoms with Crippen molar-refractivity contribution in [3.63, 3.8) is 0 Å². The Balaban J connectivity index is 1.42. The van der Waals surface area contributed by atoms with Gasteiger partial charge in [-0.3, -0.25) is 4.79 Å². The summed E-state index contributed by atoms with van der Waals surface area (Å²) in [6.07, 6.45) is 2.23. The van der Waals surface area contributed by atoms with E-state index in [1.54, 1.807) is 16.7 Å². The first-order valence-corrected chi connectivity index (χ1v) is 11.5. The molecule has 2 saturated heterocycles. The van der Waals surface area contributed by atoms with Gasteiger partial charge < -0.3 is 14.7 Å². The van der Waals surface area contributed by atoms with E-state index in [1.165, 1.54) is 0 Å². The Morgan fingerprint density at radius 2 is 1.86 bits per heavy atom. The van der Waals surface area contributed by atoms with Gasteiger partial charge in [0.2, 0.25) is 0 Å². The van der Waals surface area contributed by atoms with Gasteiger partial charge in [-0.25, -0.2) is 9.97 Å². The Labute approximate surface area is 177 Å². The number of hydrogen-bond acceptors (Lipinski definition) is 5. The van der Waals surface area contributed by atoms with Gasteiger partial charge in [0.15, 0.2) is 5.16 Å². The summed E-state index contributed by atoms with van der Waals surface area (Å²) in [7, 11) is 2.24. The van der Waals surface area contributed by atoms with E-state index >= 15 is 0 Å². The van der Waals surface area contributed by atoms with Crippen LogP contribution in [0.2, 0.25) is 0 Å². The number of benzene rings is 1. The van der Waals surface area contributed by atoms with E-state index in [4.69, 9.17) is 4.98 Å². The van der Waals surface area contributed by atoms with Crippen LogP contribution in [0.3, 0.4) is 0 Å². The van der Waals surface area contributed by atoms with Gasteiger partial charge in [0.1, 0.15) is 5.82 Å². The first-order valence-electron chi connectivity index (χ1n) is 10.5. The molecule has 0 atom stereocenters. The summed E-state index contributed by atoms with van der Waals surface area (Å²) in [6, 6.07) is 10.1. The van der Waals surface area contributed by atoms with Crippen LogP contribution in [0.25, 0.3) is 0 Å². The maximum absolute atomic E-state index is 12.6. The molecular formula is C22H30N5OS+. The Morgan fingerprint density at radius 3 is 2.62 bits per heavy atom. The number of hydrogen-bond donors (Lipinski definition) is 1. The number of rotatable bonds is 5. The zero-order valence-corrected chi connectivity index (χ0v) is 18.2. The van der Waals surface area contributed by atoms with Crippen molar-refractivity contribution in [3.8, 4) is 0 Å². The number of amides is 1. The molecular weight excluding hydrogens is 382 g/mol. The van der Waals surface area contributed by atoms with Gasteiger partial charge in [-0.15, -0.1) is 0 Å². The summed E-state index contributed by atoms with van der Waals surface area (Å²) in [6.45, 7) is 8.15. The first kappa shape index (κ1) is 20.2. The van der Waals surface area contributed by atoms with Gasteiger partial charge in [-0.2, -0.15) is 0 Å². The first-order chi connectivity index (χ1) is 14.1. The molecule has 1 N–H and O–H groups in total. The minimum Gasteiger partial charge on any atom is -0.345 e. The second-order valence-electron chi connectivity index (χ2n) is 8.08. The molecule has 0 aliphatic carbocycles. The molecule has 1 aromatic carbocycles. The van der Waals surface area contributed by atoms with Crippen molar-refractivity contribution < 1.29 is 9.69 Å². The van der Waals surface area contributed by atoms with Crippen molar-refractivity contribution in [2.45, 2.75) is 30.7 Å². The largest absolute Gasteiger partial charge is 0.345 e. The van der Waals surface area contributed by atoms with Crippen LogP contribution in [0.15, 0.2) is 35.5 Å². The quantitative estimate of drug-likeness (QED) is 0.598. The minimum atomic E-state index is 0.153. The normalized spacial score (nSPS) is 17.7. The van der Waals surface area contributed by atoms with Crippen LogP contribution in [0, 0.1) is 6.92 Å². The van der Waals surface area contributed by atoms with E-state index in [9.17, 15) is 4.79 Å². The van der Waals surface area contributed by atoms with Crippen LogP contribution in [-0.2, 0) is 5.75 Å². The van der Waals surface area contributed by atoms with Gasteiger partial charge in [0, 0.05) is 36.2 Å². The molecule has 3 heterocycles. The van der Waals surface area contributed by atoms with Crippen molar-refractivity contribution in [1.29, 1.82) is 0 Å². The Kier molecular flexibility index (Phi) is 6.35. The predicted octanol–water partition coefficient (Wildman–Crippen LogP) is 1.65. The summed E-state index contributed by atoms with van der Waals surface area (Å²) in [4.78, 5) is 28.0. The molecule has 2 aromatic rings. The molecule has 4 rings (SSSR count). The third kappa shape index (κ3) is 5.08. The average molecular weight is 413 g/mol. The number of likely N-dealkylation sites (N-methyl/N-ethyl adjacent to an activating group) is 1.